The van der Waals surface area contributed by atoms with E-state index in [0.717, 1.165) is 30.0 Å². The highest BCUT2D eigenvalue weighted by Gasteiger charge is 2.43. The molecule has 2 saturated heterocycles. The van der Waals surface area contributed by atoms with Crippen LogP contribution < -0.4 is 20.7 Å². The molecule has 0 radical (unpaired) electrons. The van der Waals surface area contributed by atoms with Crippen molar-refractivity contribution < 1.29 is 23.8 Å². The Morgan fingerprint density at radius 1 is 1.21 bits per heavy atom. The molecule has 0 saturated carbocycles. The topological polar surface area (TPSA) is 116 Å². The largest absolute Gasteiger partial charge is 0.497 e. The SMILES string of the molecule is COc1ccc(CNC(=O)CC[C@@H]2CNC(=O)[C@@H]3C[C@H](NCc4ccc(CO)o4)CN23)cc1. The normalized spacial score (nSPS) is 22.6. The zero-order valence-electron chi connectivity index (χ0n) is 18.9. The molecule has 1 aromatic carbocycles. The molecule has 2 fully saturated rings. The van der Waals surface area contributed by atoms with E-state index in [1.807, 2.05) is 30.3 Å². The Morgan fingerprint density at radius 3 is 2.73 bits per heavy atom. The Kier molecular flexibility index (Phi) is 7.64. The quantitative estimate of drug-likeness (QED) is 0.420. The van der Waals surface area contributed by atoms with E-state index in [9.17, 15) is 9.59 Å². The first-order valence-electron chi connectivity index (χ1n) is 11.4. The lowest BCUT2D eigenvalue weighted by Crippen LogP contribution is -2.58. The first kappa shape index (κ1) is 23.3. The number of aliphatic hydroxyl groups is 1. The van der Waals surface area contributed by atoms with Crippen molar-refractivity contribution in [1.29, 1.82) is 0 Å². The predicted octanol–water partition coefficient (Wildman–Crippen LogP) is 0.908. The molecule has 2 aliphatic rings. The fourth-order valence-electron chi connectivity index (χ4n) is 4.57. The van der Waals surface area contributed by atoms with Gasteiger partial charge in [-0.2, -0.15) is 0 Å². The van der Waals surface area contributed by atoms with Crippen LogP contribution >= 0.6 is 0 Å². The van der Waals surface area contributed by atoms with E-state index in [4.69, 9.17) is 14.3 Å². The second-order valence-corrected chi connectivity index (χ2v) is 8.61. The standard InChI is InChI=1S/C24H32N4O5/c1-32-19-5-2-16(3-6-19)11-26-23(30)9-4-18-12-27-24(31)22-10-17(14-28(18)22)25-13-20-7-8-21(15-29)33-20/h2-3,5-8,17-18,22,25,29H,4,9-15H2,1H3,(H,26,30)(H,27,31)/t17-,18+,22-/m0/s1. The van der Waals surface area contributed by atoms with E-state index >= 15 is 0 Å². The Hall–Kier alpha value is -2.88. The number of amides is 2. The number of carbonyl (C=O) groups excluding carboxylic acids is 2. The summed E-state index contributed by atoms with van der Waals surface area (Å²) < 4.78 is 10.7. The molecule has 2 amide bonds. The minimum absolute atomic E-state index is 0.00523. The van der Waals surface area contributed by atoms with Crippen molar-refractivity contribution >= 4 is 11.8 Å². The third-order valence-electron chi connectivity index (χ3n) is 6.41. The van der Waals surface area contributed by atoms with Crippen LogP contribution in [-0.4, -0.2) is 60.1 Å². The molecule has 1 aromatic heterocycles. The first-order valence-corrected chi connectivity index (χ1v) is 11.4. The molecule has 0 aliphatic carbocycles. The Balaban J connectivity index is 1.24. The van der Waals surface area contributed by atoms with Gasteiger partial charge in [0.2, 0.25) is 11.8 Å². The molecule has 4 N–H and O–H groups in total. The summed E-state index contributed by atoms with van der Waals surface area (Å²) >= 11 is 0. The number of hydrogen-bond donors (Lipinski definition) is 4. The van der Waals surface area contributed by atoms with Crippen LogP contribution in [0.4, 0.5) is 0 Å². The van der Waals surface area contributed by atoms with Gasteiger partial charge in [-0.1, -0.05) is 12.1 Å². The van der Waals surface area contributed by atoms with Gasteiger partial charge in [-0.15, -0.1) is 0 Å². The summed E-state index contributed by atoms with van der Waals surface area (Å²) in [7, 11) is 1.63. The third kappa shape index (κ3) is 5.93. The molecule has 2 aromatic rings. The van der Waals surface area contributed by atoms with Crippen molar-refractivity contribution in [1.82, 2.24) is 20.9 Å². The molecule has 0 unspecified atom stereocenters. The number of nitrogens with one attached hydrogen (secondary N) is 3. The van der Waals surface area contributed by atoms with E-state index in [0.29, 0.717) is 38.2 Å². The van der Waals surface area contributed by atoms with Gasteiger partial charge in [-0.05, 0) is 42.7 Å². The van der Waals surface area contributed by atoms with Crippen LogP contribution in [0, 0.1) is 0 Å². The van der Waals surface area contributed by atoms with Crippen molar-refractivity contribution in [2.24, 2.45) is 0 Å². The highest BCUT2D eigenvalue weighted by molar-refractivity contribution is 5.83. The third-order valence-corrected chi connectivity index (χ3v) is 6.41. The summed E-state index contributed by atoms with van der Waals surface area (Å²) in [6, 6.07) is 11.4. The van der Waals surface area contributed by atoms with E-state index < -0.39 is 0 Å². The molecule has 2 aliphatic heterocycles. The average Bonchev–Trinajstić information content (AvgIpc) is 3.49. The number of nitrogens with zero attached hydrogens (tertiary/aromatic N) is 1. The zero-order valence-corrected chi connectivity index (χ0v) is 18.9. The number of aliphatic hydroxyl groups excluding tert-OH is 1. The lowest BCUT2D eigenvalue weighted by molar-refractivity contribution is -0.129. The molecule has 9 nitrogen and oxygen atoms in total. The minimum Gasteiger partial charge on any atom is -0.497 e. The van der Waals surface area contributed by atoms with E-state index in [2.05, 4.69) is 20.9 Å². The number of benzene rings is 1. The van der Waals surface area contributed by atoms with Crippen LogP contribution in [0.1, 0.15) is 36.3 Å². The van der Waals surface area contributed by atoms with Crippen molar-refractivity contribution in [3.63, 3.8) is 0 Å². The van der Waals surface area contributed by atoms with Crippen LogP contribution in [0.25, 0.3) is 0 Å². The van der Waals surface area contributed by atoms with E-state index in [1.165, 1.54) is 0 Å². The minimum atomic E-state index is -0.173. The molecule has 3 heterocycles. The molecule has 9 heteroatoms. The molecule has 3 atom stereocenters. The number of rotatable bonds is 10. The summed E-state index contributed by atoms with van der Waals surface area (Å²) in [6.07, 6.45) is 1.82. The number of furan rings is 1. The lowest BCUT2D eigenvalue weighted by Gasteiger charge is -2.37. The first-order chi connectivity index (χ1) is 16.1. The number of piperazine rings is 1. The van der Waals surface area contributed by atoms with Gasteiger partial charge in [0.25, 0.3) is 0 Å². The van der Waals surface area contributed by atoms with Gasteiger partial charge in [-0.3, -0.25) is 14.5 Å². The maximum absolute atomic E-state index is 12.4. The molecule has 0 bridgehead atoms. The number of methoxy groups -OCH3 is 1. The van der Waals surface area contributed by atoms with E-state index in [-0.39, 0.29) is 36.5 Å². The van der Waals surface area contributed by atoms with Crippen molar-refractivity contribution in [2.45, 2.75) is 57.1 Å². The lowest BCUT2D eigenvalue weighted by atomic mass is 10.0. The summed E-state index contributed by atoms with van der Waals surface area (Å²) in [5, 5.41) is 18.6. The number of hydrogen-bond acceptors (Lipinski definition) is 7. The Bertz CT molecular complexity index is 945. The maximum atomic E-state index is 12.4. The second kappa shape index (κ2) is 10.8. The highest BCUT2D eigenvalue weighted by atomic mass is 16.5. The fraction of sp³-hybridized carbons (Fsp3) is 0.500. The summed E-state index contributed by atoms with van der Waals surface area (Å²) in [5.74, 6) is 2.15. The van der Waals surface area contributed by atoms with Gasteiger partial charge < -0.3 is 30.2 Å². The average molecular weight is 457 g/mol. The van der Waals surface area contributed by atoms with Crippen LogP contribution in [0.2, 0.25) is 0 Å². The summed E-state index contributed by atoms with van der Waals surface area (Å²) in [4.78, 5) is 27.0. The van der Waals surface area contributed by atoms with Gasteiger partial charge in [0.05, 0.1) is 19.7 Å². The fourth-order valence-corrected chi connectivity index (χ4v) is 4.57. The predicted molar refractivity (Wildman–Crippen MR) is 121 cm³/mol. The molecular weight excluding hydrogens is 424 g/mol. The maximum Gasteiger partial charge on any atom is 0.237 e. The summed E-state index contributed by atoms with van der Waals surface area (Å²) in [6.45, 7) is 2.23. The van der Waals surface area contributed by atoms with Crippen molar-refractivity contribution in [3.05, 3.63) is 53.5 Å². The summed E-state index contributed by atoms with van der Waals surface area (Å²) in [5.41, 5.74) is 1.02. The van der Waals surface area contributed by atoms with Crippen LogP contribution in [-0.2, 0) is 29.3 Å². The van der Waals surface area contributed by atoms with Gasteiger partial charge in [0.15, 0.2) is 0 Å². The van der Waals surface area contributed by atoms with Crippen molar-refractivity contribution in [3.8, 4) is 5.75 Å². The molecule has 33 heavy (non-hydrogen) atoms. The highest BCUT2D eigenvalue weighted by Crippen LogP contribution is 2.26. The van der Waals surface area contributed by atoms with Gasteiger partial charge in [-0.25, -0.2) is 0 Å². The van der Waals surface area contributed by atoms with Crippen LogP contribution in [0.5, 0.6) is 5.75 Å². The smallest absolute Gasteiger partial charge is 0.237 e. The number of carbonyl (C=O) groups is 2. The Labute approximate surface area is 193 Å². The van der Waals surface area contributed by atoms with Gasteiger partial charge in [0, 0.05) is 38.1 Å². The van der Waals surface area contributed by atoms with E-state index in [1.54, 1.807) is 13.2 Å². The molecular formula is C24H32N4O5. The second-order valence-electron chi connectivity index (χ2n) is 8.61. The number of fused-ring (bicyclic) bond motifs is 1. The van der Waals surface area contributed by atoms with Gasteiger partial charge in [0.1, 0.15) is 23.9 Å². The van der Waals surface area contributed by atoms with Crippen LogP contribution in [0.3, 0.4) is 0 Å². The molecule has 178 valence electrons. The Morgan fingerprint density at radius 2 is 2.00 bits per heavy atom. The zero-order chi connectivity index (χ0) is 23.2. The monoisotopic (exact) mass is 456 g/mol. The van der Waals surface area contributed by atoms with Crippen molar-refractivity contribution in [2.75, 3.05) is 20.2 Å². The number of ether oxygens (including phenoxy) is 1. The van der Waals surface area contributed by atoms with Gasteiger partial charge >= 0.3 is 0 Å². The molecule has 4 rings (SSSR count). The van der Waals surface area contributed by atoms with Crippen LogP contribution in [0.15, 0.2) is 40.8 Å². The molecule has 0 spiro atoms.